The summed E-state index contributed by atoms with van der Waals surface area (Å²) in [6, 6.07) is 23.1. The Labute approximate surface area is 272 Å². The average Bonchev–Trinajstić information content (AvgIpc) is 3.40. The van der Waals surface area contributed by atoms with Gasteiger partial charge in [-0.25, -0.2) is 9.78 Å². The maximum atomic E-state index is 12.8. The van der Waals surface area contributed by atoms with Crippen molar-refractivity contribution in [3.8, 4) is 33.9 Å². The Bertz CT molecular complexity index is 2010. The number of aromatic carboxylic acids is 1. The summed E-state index contributed by atoms with van der Waals surface area (Å²) in [6.07, 6.45) is 2.56. The minimum atomic E-state index is -5.81. The number of rotatable bonds is 10. The molecule has 0 atom stereocenters. The Hall–Kier alpha value is -4.52. The number of aryl methyl sites for hydroxylation is 1. The van der Waals surface area contributed by atoms with E-state index in [0.717, 1.165) is 58.5 Å². The number of carboxylic acids is 1. The molecule has 5 rings (SSSR count). The van der Waals surface area contributed by atoms with Crippen LogP contribution in [-0.2, 0) is 23.0 Å². The second-order valence-corrected chi connectivity index (χ2v) is 12.5. The van der Waals surface area contributed by atoms with E-state index in [0.29, 0.717) is 22.2 Å². The van der Waals surface area contributed by atoms with Crippen molar-refractivity contribution in [1.82, 2.24) is 9.55 Å². The number of sulfonamides is 1. The molecule has 14 heteroatoms. The Balaban J connectivity index is 1.28. The van der Waals surface area contributed by atoms with Crippen molar-refractivity contribution < 1.29 is 36.2 Å². The molecule has 8 nitrogen and oxygen atoms in total. The number of anilines is 1. The Morgan fingerprint density at radius 3 is 2.15 bits per heavy atom. The fourth-order valence-electron chi connectivity index (χ4n) is 4.60. The molecular weight excluding hydrogens is 666 g/mol. The summed E-state index contributed by atoms with van der Waals surface area (Å²) in [5.41, 5.74) is -2.67. The zero-order valence-corrected chi connectivity index (χ0v) is 26.2. The molecule has 0 saturated heterocycles. The van der Waals surface area contributed by atoms with Crippen LogP contribution < -0.4 is 9.46 Å². The third kappa shape index (κ3) is 7.30. The van der Waals surface area contributed by atoms with Gasteiger partial charge in [0.25, 0.3) is 0 Å². The standard InChI is InChI=1S/C32H24Cl2F3N3O5S/c1-2-40-18-29(25-13-9-22(33)16-27(25)34)38-30(40)15-19-3-5-20(6-4-19)21-7-10-23(11-8-21)45-24-12-14-28(26(17-24)31(41)42)39-46(43,44)32(35,36)37/h3-14,16-18,39H,2,15H2,1H3,(H,41,42). The van der Waals surface area contributed by atoms with Crippen LogP contribution in [0.5, 0.6) is 11.5 Å². The molecule has 0 bridgehead atoms. The molecule has 0 aliphatic heterocycles. The molecule has 4 aromatic carbocycles. The van der Waals surface area contributed by atoms with E-state index in [4.69, 9.17) is 32.9 Å². The zero-order valence-electron chi connectivity index (χ0n) is 23.8. The molecule has 1 heterocycles. The van der Waals surface area contributed by atoms with Crippen molar-refractivity contribution in [3.63, 3.8) is 0 Å². The van der Waals surface area contributed by atoms with Gasteiger partial charge in [0, 0.05) is 29.7 Å². The lowest BCUT2D eigenvalue weighted by Crippen LogP contribution is -2.30. The quantitative estimate of drug-likeness (QED) is 0.152. The highest BCUT2D eigenvalue weighted by molar-refractivity contribution is 7.93. The van der Waals surface area contributed by atoms with Gasteiger partial charge in [-0.3, -0.25) is 4.72 Å². The van der Waals surface area contributed by atoms with Gasteiger partial charge in [-0.2, -0.15) is 21.6 Å². The second kappa shape index (κ2) is 13.1. The fraction of sp³-hybridized carbons (Fsp3) is 0.125. The van der Waals surface area contributed by atoms with Crippen molar-refractivity contribution in [2.75, 3.05) is 4.72 Å². The molecule has 1 aromatic heterocycles. The Kier molecular flexibility index (Phi) is 9.34. The molecule has 0 aliphatic carbocycles. The number of nitrogens with zero attached hydrogens (tertiary/aromatic N) is 2. The Morgan fingerprint density at radius 2 is 1.57 bits per heavy atom. The molecule has 0 unspecified atom stereocenters. The number of carbonyl (C=O) groups is 1. The number of hydrogen-bond donors (Lipinski definition) is 2. The van der Waals surface area contributed by atoms with Crippen LogP contribution in [0.2, 0.25) is 10.0 Å². The van der Waals surface area contributed by atoms with Crippen molar-refractivity contribution in [3.05, 3.63) is 118 Å². The lowest BCUT2D eigenvalue weighted by atomic mass is 10.0. The van der Waals surface area contributed by atoms with E-state index >= 15 is 0 Å². The van der Waals surface area contributed by atoms with Gasteiger partial charge in [0.1, 0.15) is 17.3 Å². The monoisotopic (exact) mass is 689 g/mol. The highest BCUT2D eigenvalue weighted by Gasteiger charge is 2.46. The number of ether oxygens (including phenoxy) is 1. The first-order valence-corrected chi connectivity index (χ1v) is 15.8. The predicted octanol–water partition coefficient (Wildman–Crippen LogP) is 8.89. The number of carboxylic acid groups (broad SMARTS) is 1. The topological polar surface area (TPSA) is 111 Å². The first-order valence-electron chi connectivity index (χ1n) is 13.6. The van der Waals surface area contributed by atoms with E-state index in [9.17, 15) is 31.5 Å². The van der Waals surface area contributed by atoms with E-state index < -0.39 is 32.8 Å². The summed E-state index contributed by atoms with van der Waals surface area (Å²) in [7, 11) is -5.81. The number of benzene rings is 4. The van der Waals surface area contributed by atoms with E-state index in [1.165, 1.54) is 4.72 Å². The summed E-state index contributed by atoms with van der Waals surface area (Å²) in [4.78, 5) is 16.4. The van der Waals surface area contributed by atoms with Crippen LogP contribution >= 0.6 is 23.2 Å². The number of alkyl halides is 3. The molecule has 0 aliphatic rings. The highest BCUT2D eigenvalue weighted by atomic mass is 35.5. The normalized spacial score (nSPS) is 11.8. The van der Waals surface area contributed by atoms with Crippen molar-refractivity contribution >= 4 is 44.9 Å². The minimum absolute atomic E-state index is 0.0172. The lowest BCUT2D eigenvalue weighted by molar-refractivity contribution is -0.0429. The molecule has 46 heavy (non-hydrogen) atoms. The number of aromatic nitrogens is 2. The van der Waals surface area contributed by atoms with E-state index in [2.05, 4.69) is 4.57 Å². The molecule has 238 valence electrons. The summed E-state index contributed by atoms with van der Waals surface area (Å²) < 4.78 is 70.2. The molecule has 2 N–H and O–H groups in total. The maximum absolute atomic E-state index is 12.8. The van der Waals surface area contributed by atoms with Crippen molar-refractivity contribution in [2.45, 2.75) is 25.4 Å². The van der Waals surface area contributed by atoms with E-state index in [1.54, 1.807) is 36.4 Å². The van der Waals surface area contributed by atoms with E-state index in [-0.39, 0.29) is 5.75 Å². The highest BCUT2D eigenvalue weighted by Crippen LogP contribution is 2.33. The van der Waals surface area contributed by atoms with Gasteiger partial charge in [0.05, 0.1) is 22.0 Å². The first kappa shape index (κ1) is 32.9. The van der Waals surface area contributed by atoms with Crippen LogP contribution in [0.15, 0.2) is 91.1 Å². The Morgan fingerprint density at radius 1 is 0.935 bits per heavy atom. The molecular formula is C32H24Cl2F3N3O5S. The molecule has 0 saturated carbocycles. The van der Waals surface area contributed by atoms with E-state index in [1.807, 2.05) is 43.5 Å². The fourth-order valence-corrected chi connectivity index (χ4v) is 5.69. The van der Waals surface area contributed by atoms with Crippen LogP contribution in [0, 0.1) is 0 Å². The van der Waals surface area contributed by atoms with Crippen LogP contribution in [-0.4, -0.2) is 34.6 Å². The number of nitrogens with one attached hydrogen (secondary N) is 1. The van der Waals surface area contributed by atoms with Crippen molar-refractivity contribution in [1.29, 1.82) is 0 Å². The number of halogens is 5. The third-order valence-electron chi connectivity index (χ3n) is 6.92. The summed E-state index contributed by atoms with van der Waals surface area (Å²) in [5, 5.41) is 10.5. The third-order valence-corrected chi connectivity index (χ3v) is 8.56. The van der Waals surface area contributed by atoms with Gasteiger partial charge in [-0.1, -0.05) is 59.6 Å². The predicted molar refractivity (Wildman–Crippen MR) is 170 cm³/mol. The summed E-state index contributed by atoms with van der Waals surface area (Å²) in [5.74, 6) is -0.455. The molecule has 5 aromatic rings. The van der Waals surface area contributed by atoms with Gasteiger partial charge in [-0.15, -0.1) is 0 Å². The SMILES string of the molecule is CCn1cc(-c2ccc(Cl)cc2Cl)nc1Cc1ccc(-c2ccc(Oc3ccc(NS(=O)(=O)C(F)(F)F)c(C(=O)O)c3)cc2)cc1. The first-order chi connectivity index (χ1) is 21.7. The number of hydrogen-bond acceptors (Lipinski definition) is 5. The minimum Gasteiger partial charge on any atom is -0.478 e. The van der Waals surface area contributed by atoms with Gasteiger partial charge >= 0.3 is 21.5 Å². The molecule has 0 radical (unpaired) electrons. The lowest BCUT2D eigenvalue weighted by Gasteiger charge is -2.14. The smallest absolute Gasteiger partial charge is 0.478 e. The van der Waals surface area contributed by atoms with Gasteiger partial charge in [0.15, 0.2) is 0 Å². The molecule has 0 spiro atoms. The maximum Gasteiger partial charge on any atom is 0.516 e. The summed E-state index contributed by atoms with van der Waals surface area (Å²) >= 11 is 12.4. The van der Waals surface area contributed by atoms with Gasteiger partial charge in [0.2, 0.25) is 0 Å². The van der Waals surface area contributed by atoms with Crippen LogP contribution in [0.3, 0.4) is 0 Å². The largest absolute Gasteiger partial charge is 0.516 e. The molecule has 0 amide bonds. The summed E-state index contributed by atoms with van der Waals surface area (Å²) in [6.45, 7) is 2.77. The zero-order chi connectivity index (χ0) is 33.2. The van der Waals surface area contributed by atoms with Crippen LogP contribution in [0.4, 0.5) is 18.9 Å². The van der Waals surface area contributed by atoms with Crippen LogP contribution in [0.25, 0.3) is 22.4 Å². The van der Waals surface area contributed by atoms with Gasteiger partial charge in [-0.05, 0) is 72.1 Å². The second-order valence-electron chi connectivity index (χ2n) is 10.0. The number of imidazole rings is 1. The average molecular weight is 691 g/mol. The van der Waals surface area contributed by atoms with Gasteiger partial charge < -0.3 is 14.4 Å². The molecule has 0 fully saturated rings. The van der Waals surface area contributed by atoms with Crippen molar-refractivity contribution in [2.24, 2.45) is 0 Å². The van der Waals surface area contributed by atoms with Crippen LogP contribution in [0.1, 0.15) is 28.7 Å².